The molecule has 2 rings (SSSR count). The van der Waals surface area contributed by atoms with E-state index < -0.39 is 16.1 Å². The summed E-state index contributed by atoms with van der Waals surface area (Å²) in [6, 6.07) is 2.90. The average molecular weight is 365 g/mol. The maximum atomic E-state index is 12.6. The van der Waals surface area contributed by atoms with Gasteiger partial charge < -0.3 is 15.6 Å². The quantitative estimate of drug-likeness (QED) is 0.785. The number of aliphatic hydroxyl groups excluding tert-OH is 1. The maximum absolute atomic E-state index is 12.6. The first-order chi connectivity index (χ1) is 9.36. The van der Waals surface area contributed by atoms with E-state index in [-0.39, 0.29) is 17.2 Å². The van der Waals surface area contributed by atoms with Gasteiger partial charge in [-0.3, -0.25) is 0 Å². The second kappa shape index (κ2) is 5.88. The number of hydrogen-bond acceptors (Lipinski definition) is 5. The number of hydrogen-bond donors (Lipinski definition) is 2. The van der Waals surface area contributed by atoms with Crippen LogP contribution >= 0.6 is 15.9 Å². The van der Waals surface area contributed by atoms with Gasteiger partial charge in [0.1, 0.15) is 10.6 Å². The van der Waals surface area contributed by atoms with Gasteiger partial charge in [0.05, 0.1) is 13.2 Å². The summed E-state index contributed by atoms with van der Waals surface area (Å²) in [5.74, 6) is 0.228. The molecule has 8 heteroatoms. The van der Waals surface area contributed by atoms with Crippen molar-refractivity contribution in [3.63, 3.8) is 0 Å². The van der Waals surface area contributed by atoms with Gasteiger partial charge in [-0.25, -0.2) is 8.42 Å². The lowest BCUT2D eigenvalue weighted by atomic mass is 10.1. The number of piperidine rings is 1. The third-order valence-electron chi connectivity index (χ3n) is 3.26. The van der Waals surface area contributed by atoms with E-state index in [1.807, 2.05) is 0 Å². The van der Waals surface area contributed by atoms with E-state index in [2.05, 4.69) is 15.9 Å². The van der Waals surface area contributed by atoms with Crippen LogP contribution in [0, 0.1) is 0 Å². The van der Waals surface area contributed by atoms with E-state index in [0.717, 1.165) is 0 Å². The number of anilines is 1. The highest BCUT2D eigenvalue weighted by atomic mass is 79.9. The first-order valence-corrected chi connectivity index (χ1v) is 8.40. The lowest BCUT2D eigenvalue weighted by Crippen LogP contribution is -2.42. The minimum absolute atomic E-state index is 0.0230. The van der Waals surface area contributed by atoms with Crippen LogP contribution in [0.1, 0.15) is 12.8 Å². The predicted molar refractivity (Wildman–Crippen MR) is 79.1 cm³/mol. The van der Waals surface area contributed by atoms with Crippen LogP contribution in [-0.2, 0) is 10.0 Å². The number of nitrogen functional groups attached to an aromatic ring is 1. The van der Waals surface area contributed by atoms with Crippen molar-refractivity contribution in [2.45, 2.75) is 23.8 Å². The number of rotatable bonds is 3. The Hall–Kier alpha value is -0.830. The van der Waals surface area contributed by atoms with Crippen LogP contribution in [0.15, 0.2) is 21.5 Å². The number of nitrogens with zero attached hydrogens (tertiary/aromatic N) is 1. The fourth-order valence-corrected chi connectivity index (χ4v) is 4.20. The number of nitrogens with two attached hydrogens (primary N) is 1. The number of β-amino-alcohol motifs (C(OH)–C–C–N with tert-alkyl or cyclic N) is 1. The number of halogens is 1. The molecular formula is C12H17BrN2O4S. The van der Waals surface area contributed by atoms with Gasteiger partial charge in [-0.2, -0.15) is 4.31 Å². The van der Waals surface area contributed by atoms with Gasteiger partial charge in [0.15, 0.2) is 0 Å². The van der Waals surface area contributed by atoms with Crippen LogP contribution < -0.4 is 10.5 Å². The van der Waals surface area contributed by atoms with E-state index in [9.17, 15) is 13.5 Å². The van der Waals surface area contributed by atoms with Gasteiger partial charge in [0.2, 0.25) is 10.0 Å². The molecule has 1 unspecified atom stereocenters. The van der Waals surface area contributed by atoms with Crippen molar-refractivity contribution in [3.05, 3.63) is 16.6 Å². The third-order valence-corrected chi connectivity index (χ3v) is 5.83. The monoisotopic (exact) mass is 364 g/mol. The molecule has 1 aliphatic rings. The molecule has 1 saturated heterocycles. The van der Waals surface area contributed by atoms with E-state index >= 15 is 0 Å². The summed E-state index contributed by atoms with van der Waals surface area (Å²) in [6.07, 6.45) is 0.623. The lowest BCUT2D eigenvalue weighted by Gasteiger charge is -2.29. The molecule has 1 aliphatic heterocycles. The Labute approximate surface area is 126 Å². The van der Waals surface area contributed by atoms with Gasteiger partial charge in [-0.1, -0.05) is 0 Å². The van der Waals surface area contributed by atoms with Gasteiger partial charge in [-0.05, 0) is 40.9 Å². The fraction of sp³-hybridized carbons (Fsp3) is 0.500. The minimum atomic E-state index is -3.73. The smallest absolute Gasteiger partial charge is 0.246 e. The Balaban J connectivity index is 2.46. The molecule has 0 amide bonds. The van der Waals surface area contributed by atoms with Crippen molar-refractivity contribution in [1.82, 2.24) is 4.31 Å². The van der Waals surface area contributed by atoms with Crippen molar-refractivity contribution in [3.8, 4) is 5.75 Å². The minimum Gasteiger partial charge on any atom is -0.495 e. The Morgan fingerprint density at radius 2 is 2.20 bits per heavy atom. The predicted octanol–water partition coefficient (Wildman–Crippen LogP) is 1.19. The highest BCUT2D eigenvalue weighted by Gasteiger charge is 2.32. The number of sulfonamides is 1. The van der Waals surface area contributed by atoms with Gasteiger partial charge in [0.25, 0.3) is 0 Å². The van der Waals surface area contributed by atoms with Gasteiger partial charge in [-0.15, -0.1) is 0 Å². The Morgan fingerprint density at radius 3 is 2.80 bits per heavy atom. The van der Waals surface area contributed by atoms with Crippen molar-refractivity contribution < 1.29 is 18.3 Å². The van der Waals surface area contributed by atoms with E-state index in [1.165, 1.54) is 23.5 Å². The Morgan fingerprint density at radius 1 is 1.50 bits per heavy atom. The molecule has 0 bridgehead atoms. The number of methoxy groups -OCH3 is 1. The van der Waals surface area contributed by atoms with E-state index in [4.69, 9.17) is 10.5 Å². The molecule has 0 aliphatic carbocycles. The molecule has 20 heavy (non-hydrogen) atoms. The summed E-state index contributed by atoms with van der Waals surface area (Å²) in [6.45, 7) is 0.486. The number of ether oxygens (including phenoxy) is 1. The summed E-state index contributed by atoms with van der Waals surface area (Å²) >= 11 is 3.24. The van der Waals surface area contributed by atoms with E-state index in [0.29, 0.717) is 29.5 Å². The van der Waals surface area contributed by atoms with Gasteiger partial charge >= 0.3 is 0 Å². The Bertz CT molecular complexity index is 606. The largest absolute Gasteiger partial charge is 0.495 e. The average Bonchev–Trinajstić information content (AvgIpc) is 2.41. The van der Waals surface area contributed by atoms with Crippen LogP contribution in [0.2, 0.25) is 0 Å². The molecule has 0 spiro atoms. The fourth-order valence-electron chi connectivity index (χ4n) is 2.19. The molecule has 0 saturated carbocycles. The summed E-state index contributed by atoms with van der Waals surface area (Å²) in [4.78, 5) is 0.0230. The molecule has 3 N–H and O–H groups in total. The van der Waals surface area contributed by atoms with E-state index in [1.54, 1.807) is 0 Å². The molecule has 1 atom stereocenters. The zero-order chi connectivity index (χ0) is 14.9. The molecule has 1 aromatic carbocycles. The lowest BCUT2D eigenvalue weighted by molar-refractivity contribution is 0.108. The van der Waals surface area contributed by atoms with Crippen LogP contribution in [0.3, 0.4) is 0 Å². The maximum Gasteiger partial charge on any atom is 0.246 e. The van der Waals surface area contributed by atoms with Crippen LogP contribution in [0.25, 0.3) is 0 Å². The standard InChI is InChI=1S/C12H17BrN2O4S/c1-19-11-5-9(13)10(14)6-12(11)20(17,18)15-4-2-3-8(16)7-15/h5-6,8,16H,2-4,7,14H2,1H3. The highest BCUT2D eigenvalue weighted by molar-refractivity contribution is 9.10. The van der Waals surface area contributed by atoms with Crippen molar-refractivity contribution in [2.75, 3.05) is 25.9 Å². The summed E-state index contributed by atoms with van der Waals surface area (Å²) in [7, 11) is -2.32. The molecule has 112 valence electrons. The molecule has 0 aromatic heterocycles. The molecule has 6 nitrogen and oxygen atoms in total. The summed E-state index contributed by atoms with van der Waals surface area (Å²) < 4.78 is 32.3. The molecule has 1 aromatic rings. The molecule has 0 radical (unpaired) electrons. The number of aliphatic hydroxyl groups is 1. The van der Waals surface area contributed by atoms with Crippen LogP contribution in [0.5, 0.6) is 5.75 Å². The van der Waals surface area contributed by atoms with Crippen LogP contribution in [-0.4, -0.2) is 44.1 Å². The second-order valence-electron chi connectivity index (χ2n) is 4.68. The first-order valence-electron chi connectivity index (χ1n) is 6.17. The van der Waals surface area contributed by atoms with Crippen molar-refractivity contribution >= 4 is 31.6 Å². The zero-order valence-corrected chi connectivity index (χ0v) is 13.4. The highest BCUT2D eigenvalue weighted by Crippen LogP contribution is 2.34. The normalized spacial score (nSPS) is 20.9. The summed E-state index contributed by atoms with van der Waals surface area (Å²) in [5, 5.41) is 9.65. The Kier molecular flexibility index (Phi) is 4.58. The first kappa shape index (κ1) is 15.6. The SMILES string of the molecule is COc1cc(Br)c(N)cc1S(=O)(=O)N1CCCC(O)C1. The van der Waals surface area contributed by atoms with Gasteiger partial charge in [0, 0.05) is 23.2 Å². The topological polar surface area (TPSA) is 92.9 Å². The molecule has 1 fully saturated rings. The third kappa shape index (κ3) is 2.93. The molecular weight excluding hydrogens is 348 g/mol. The molecule has 1 heterocycles. The summed E-state index contributed by atoms with van der Waals surface area (Å²) in [5.41, 5.74) is 6.08. The number of benzene rings is 1. The van der Waals surface area contributed by atoms with Crippen LogP contribution in [0.4, 0.5) is 5.69 Å². The van der Waals surface area contributed by atoms with Crippen molar-refractivity contribution in [2.24, 2.45) is 0 Å². The zero-order valence-electron chi connectivity index (χ0n) is 11.0. The van der Waals surface area contributed by atoms with Crippen molar-refractivity contribution in [1.29, 1.82) is 0 Å². The second-order valence-corrected chi connectivity index (χ2v) is 7.44.